The molecule has 0 saturated carbocycles. The summed E-state index contributed by atoms with van der Waals surface area (Å²) in [6, 6.07) is 0.598. The van der Waals surface area contributed by atoms with Crippen LogP contribution in [0.2, 0.25) is 0 Å². The zero-order valence-electron chi connectivity index (χ0n) is 13.2. The van der Waals surface area contributed by atoms with Crippen LogP contribution in [-0.4, -0.2) is 45.3 Å². The van der Waals surface area contributed by atoms with E-state index in [4.69, 9.17) is 0 Å². The summed E-state index contributed by atoms with van der Waals surface area (Å²) in [5, 5.41) is 7.86. The molecule has 0 aliphatic carbocycles. The van der Waals surface area contributed by atoms with Gasteiger partial charge in [0, 0.05) is 12.6 Å². The fourth-order valence-electron chi connectivity index (χ4n) is 2.76. The molecule has 1 aliphatic heterocycles. The Morgan fingerprint density at radius 2 is 2.10 bits per heavy atom. The Balaban J connectivity index is 1.75. The van der Waals surface area contributed by atoms with E-state index in [1.54, 1.807) is 6.33 Å². The molecule has 1 N–H and O–H groups in total. The minimum Gasteiger partial charge on any atom is -0.314 e. The largest absolute Gasteiger partial charge is 0.314 e. The fourth-order valence-corrected chi connectivity index (χ4v) is 2.76. The van der Waals surface area contributed by atoms with Gasteiger partial charge < -0.3 is 5.32 Å². The van der Waals surface area contributed by atoms with Gasteiger partial charge in [-0.05, 0) is 44.8 Å². The average Bonchev–Trinajstić information content (AvgIpc) is 2.86. The maximum absolute atomic E-state index is 4.41. The summed E-state index contributed by atoms with van der Waals surface area (Å²) in [5.41, 5.74) is 0. The first-order valence-corrected chi connectivity index (χ1v) is 8.01. The third kappa shape index (κ3) is 4.56. The van der Waals surface area contributed by atoms with Crippen LogP contribution in [0.4, 0.5) is 0 Å². The lowest BCUT2D eigenvalue weighted by atomic mass is 9.96. The summed E-state index contributed by atoms with van der Waals surface area (Å²) >= 11 is 0. The summed E-state index contributed by atoms with van der Waals surface area (Å²) in [7, 11) is 0. The summed E-state index contributed by atoms with van der Waals surface area (Å²) in [5.74, 6) is 1.95. The van der Waals surface area contributed by atoms with Gasteiger partial charge in [0.1, 0.15) is 12.2 Å². The first-order valence-electron chi connectivity index (χ1n) is 8.01. The highest BCUT2D eigenvalue weighted by Crippen LogP contribution is 2.18. The zero-order chi connectivity index (χ0) is 14.4. The molecule has 20 heavy (non-hydrogen) atoms. The number of hydrogen-bond donors (Lipinski definition) is 1. The Morgan fingerprint density at radius 1 is 1.35 bits per heavy atom. The highest BCUT2D eigenvalue weighted by Gasteiger charge is 2.20. The van der Waals surface area contributed by atoms with Gasteiger partial charge in [-0.15, -0.1) is 0 Å². The average molecular weight is 279 g/mol. The number of aromatic nitrogens is 3. The highest BCUT2D eigenvalue weighted by molar-refractivity contribution is 4.86. The van der Waals surface area contributed by atoms with Gasteiger partial charge in [-0.3, -0.25) is 4.90 Å². The van der Waals surface area contributed by atoms with Crippen LogP contribution < -0.4 is 5.32 Å². The monoisotopic (exact) mass is 279 g/mol. The smallest absolute Gasteiger partial charge is 0.141 e. The van der Waals surface area contributed by atoms with Gasteiger partial charge in [-0.2, -0.15) is 5.10 Å². The minimum atomic E-state index is 0.598. The molecule has 5 nitrogen and oxygen atoms in total. The molecule has 1 saturated heterocycles. The molecule has 0 aromatic carbocycles. The van der Waals surface area contributed by atoms with Crippen molar-refractivity contribution in [1.29, 1.82) is 0 Å². The van der Waals surface area contributed by atoms with Crippen LogP contribution in [0, 0.1) is 5.92 Å². The van der Waals surface area contributed by atoms with Crippen LogP contribution in [0.1, 0.15) is 45.9 Å². The van der Waals surface area contributed by atoms with Crippen molar-refractivity contribution >= 4 is 0 Å². The predicted molar refractivity (Wildman–Crippen MR) is 81.5 cm³/mol. The quantitative estimate of drug-likeness (QED) is 0.828. The Labute approximate surface area is 122 Å². The van der Waals surface area contributed by atoms with E-state index in [1.165, 1.54) is 25.9 Å². The predicted octanol–water partition coefficient (Wildman–Crippen LogP) is 1.90. The van der Waals surface area contributed by atoms with E-state index in [9.17, 15) is 0 Å². The molecule has 1 aromatic heterocycles. The van der Waals surface area contributed by atoms with Crippen molar-refractivity contribution in [2.75, 3.05) is 19.6 Å². The Hall–Kier alpha value is -0.940. The second-order valence-electron chi connectivity index (χ2n) is 6.18. The zero-order valence-corrected chi connectivity index (χ0v) is 13.2. The van der Waals surface area contributed by atoms with Crippen LogP contribution in [0.15, 0.2) is 6.33 Å². The Bertz CT molecular complexity index is 379. The minimum absolute atomic E-state index is 0.598. The lowest BCUT2D eigenvalue weighted by Crippen LogP contribution is -2.38. The van der Waals surface area contributed by atoms with E-state index in [1.807, 2.05) is 4.68 Å². The number of hydrogen-bond acceptors (Lipinski definition) is 4. The normalized spacial score (nSPS) is 18.0. The van der Waals surface area contributed by atoms with Crippen molar-refractivity contribution in [2.24, 2.45) is 5.92 Å². The number of likely N-dealkylation sites (tertiary alicyclic amines) is 1. The SMILES string of the molecule is CCCn1ncnc1CN1CCC(CNC(C)C)CC1. The van der Waals surface area contributed by atoms with Crippen molar-refractivity contribution in [2.45, 2.75) is 59.2 Å². The maximum Gasteiger partial charge on any atom is 0.141 e. The molecule has 0 bridgehead atoms. The molecule has 0 amide bonds. The van der Waals surface area contributed by atoms with Crippen molar-refractivity contribution in [1.82, 2.24) is 25.0 Å². The van der Waals surface area contributed by atoms with E-state index in [0.29, 0.717) is 6.04 Å². The van der Waals surface area contributed by atoms with Gasteiger partial charge in [-0.25, -0.2) is 9.67 Å². The standard InChI is InChI=1S/C15H29N5/c1-4-7-20-15(17-12-18-20)11-19-8-5-14(6-9-19)10-16-13(2)3/h12-14,16H,4-11H2,1-3H3. The molecule has 2 heterocycles. The van der Waals surface area contributed by atoms with E-state index >= 15 is 0 Å². The molecule has 0 atom stereocenters. The van der Waals surface area contributed by atoms with Gasteiger partial charge >= 0.3 is 0 Å². The van der Waals surface area contributed by atoms with Crippen molar-refractivity contribution < 1.29 is 0 Å². The molecule has 5 heteroatoms. The third-order valence-corrected chi connectivity index (χ3v) is 4.02. The van der Waals surface area contributed by atoms with E-state index in [2.05, 4.69) is 41.1 Å². The molecule has 1 aliphatic rings. The van der Waals surface area contributed by atoms with Crippen molar-refractivity contribution in [3.8, 4) is 0 Å². The van der Waals surface area contributed by atoms with Crippen LogP contribution in [-0.2, 0) is 13.1 Å². The maximum atomic E-state index is 4.41. The van der Waals surface area contributed by atoms with Gasteiger partial charge in [-0.1, -0.05) is 20.8 Å². The highest BCUT2D eigenvalue weighted by atomic mass is 15.3. The van der Waals surface area contributed by atoms with Crippen LogP contribution in [0.25, 0.3) is 0 Å². The molecule has 1 fully saturated rings. The van der Waals surface area contributed by atoms with E-state index < -0.39 is 0 Å². The Morgan fingerprint density at radius 3 is 2.75 bits per heavy atom. The summed E-state index contributed by atoms with van der Waals surface area (Å²) in [6.07, 6.45) is 5.38. The lowest BCUT2D eigenvalue weighted by Gasteiger charge is -2.32. The summed E-state index contributed by atoms with van der Waals surface area (Å²) in [6.45, 7) is 12.1. The first kappa shape index (κ1) is 15.4. The third-order valence-electron chi connectivity index (χ3n) is 4.02. The number of piperidine rings is 1. The molecule has 0 radical (unpaired) electrons. The number of nitrogens with one attached hydrogen (secondary N) is 1. The molecule has 1 aromatic rings. The van der Waals surface area contributed by atoms with Crippen LogP contribution >= 0.6 is 0 Å². The van der Waals surface area contributed by atoms with Gasteiger partial charge in [0.25, 0.3) is 0 Å². The summed E-state index contributed by atoms with van der Waals surface area (Å²) < 4.78 is 2.05. The van der Waals surface area contributed by atoms with Gasteiger partial charge in [0.05, 0.1) is 6.54 Å². The number of aryl methyl sites for hydroxylation is 1. The molecule has 114 valence electrons. The van der Waals surface area contributed by atoms with Gasteiger partial charge in [0.2, 0.25) is 0 Å². The number of nitrogens with zero attached hydrogens (tertiary/aromatic N) is 4. The lowest BCUT2D eigenvalue weighted by molar-refractivity contribution is 0.168. The molecular weight excluding hydrogens is 250 g/mol. The topological polar surface area (TPSA) is 46.0 Å². The van der Waals surface area contributed by atoms with Crippen molar-refractivity contribution in [3.05, 3.63) is 12.2 Å². The van der Waals surface area contributed by atoms with Gasteiger partial charge in [0.15, 0.2) is 0 Å². The molecular formula is C15H29N5. The van der Waals surface area contributed by atoms with E-state index in [0.717, 1.165) is 37.8 Å². The number of rotatable bonds is 7. The second kappa shape index (κ2) is 7.74. The summed E-state index contributed by atoms with van der Waals surface area (Å²) in [4.78, 5) is 6.92. The van der Waals surface area contributed by atoms with Crippen LogP contribution in [0.5, 0.6) is 0 Å². The molecule has 2 rings (SSSR count). The van der Waals surface area contributed by atoms with Crippen molar-refractivity contribution in [3.63, 3.8) is 0 Å². The fraction of sp³-hybridized carbons (Fsp3) is 0.867. The Kier molecular flexibility index (Phi) is 5.98. The molecule has 0 spiro atoms. The van der Waals surface area contributed by atoms with Crippen LogP contribution in [0.3, 0.4) is 0 Å². The second-order valence-corrected chi connectivity index (χ2v) is 6.18. The van der Waals surface area contributed by atoms with E-state index in [-0.39, 0.29) is 0 Å². The molecule has 0 unspecified atom stereocenters. The first-order chi connectivity index (χ1) is 9.69.